The van der Waals surface area contributed by atoms with Gasteiger partial charge in [0.2, 0.25) is 10.0 Å². The quantitative estimate of drug-likeness (QED) is 0.892. The maximum Gasteiger partial charge on any atom is 0.243 e. The summed E-state index contributed by atoms with van der Waals surface area (Å²) in [5.74, 6) is 0. The summed E-state index contributed by atoms with van der Waals surface area (Å²) in [4.78, 5) is 0.431. The van der Waals surface area contributed by atoms with Gasteiger partial charge in [-0.05, 0) is 30.9 Å². The average molecular weight is 310 g/mol. The van der Waals surface area contributed by atoms with Crippen molar-refractivity contribution in [1.82, 2.24) is 9.62 Å². The molecule has 21 heavy (non-hydrogen) atoms. The van der Waals surface area contributed by atoms with E-state index in [1.165, 1.54) is 12.8 Å². The monoisotopic (exact) mass is 310 g/mol. The summed E-state index contributed by atoms with van der Waals surface area (Å²) in [6.45, 7) is 2.70. The molecule has 6 heteroatoms. The van der Waals surface area contributed by atoms with Crippen LogP contribution in [0.25, 0.3) is 0 Å². The van der Waals surface area contributed by atoms with Crippen LogP contribution < -0.4 is 5.32 Å². The highest BCUT2D eigenvalue weighted by molar-refractivity contribution is 7.89. The van der Waals surface area contributed by atoms with E-state index in [-0.39, 0.29) is 0 Å². The normalized spacial score (nSPS) is 21.1. The zero-order chi connectivity index (χ0) is 14.7. The van der Waals surface area contributed by atoms with Crippen molar-refractivity contribution in [2.24, 2.45) is 0 Å². The third-order valence-corrected chi connectivity index (χ3v) is 5.93. The van der Waals surface area contributed by atoms with E-state index in [0.717, 1.165) is 12.0 Å². The van der Waals surface area contributed by atoms with Gasteiger partial charge in [0.25, 0.3) is 0 Å². The number of benzene rings is 1. The fourth-order valence-corrected chi connectivity index (χ4v) is 4.23. The summed E-state index contributed by atoms with van der Waals surface area (Å²) in [7, 11) is -3.43. The predicted octanol–water partition coefficient (Wildman–Crippen LogP) is 1.35. The summed E-state index contributed by atoms with van der Waals surface area (Å²) >= 11 is 0. The van der Waals surface area contributed by atoms with Crippen LogP contribution in [0.5, 0.6) is 0 Å². The molecule has 116 valence electrons. The van der Waals surface area contributed by atoms with Gasteiger partial charge in [0.05, 0.1) is 11.5 Å². The molecule has 1 aliphatic heterocycles. The molecule has 0 radical (unpaired) electrons. The van der Waals surface area contributed by atoms with Crippen molar-refractivity contribution >= 4 is 10.0 Å². The zero-order valence-electron chi connectivity index (χ0n) is 12.1. The van der Waals surface area contributed by atoms with E-state index in [9.17, 15) is 8.42 Å². The van der Waals surface area contributed by atoms with Crippen LogP contribution in [0.2, 0.25) is 0 Å². The third kappa shape index (κ3) is 3.63. The molecule has 0 spiro atoms. The highest BCUT2D eigenvalue weighted by Gasteiger charge is 2.28. The molecule has 1 saturated carbocycles. The molecule has 2 fully saturated rings. The minimum Gasteiger partial charge on any atom is -0.380 e. The topological polar surface area (TPSA) is 58.6 Å². The SMILES string of the molecule is O=S(=O)(c1ccccc1CNC1CC1)N1CCCOCC1. The van der Waals surface area contributed by atoms with Crippen molar-refractivity contribution in [3.8, 4) is 0 Å². The molecule has 1 aromatic rings. The van der Waals surface area contributed by atoms with Crippen LogP contribution in [-0.4, -0.2) is 45.1 Å². The maximum absolute atomic E-state index is 12.9. The van der Waals surface area contributed by atoms with Crippen molar-refractivity contribution in [2.75, 3.05) is 26.3 Å². The van der Waals surface area contributed by atoms with Crippen LogP contribution in [0.3, 0.4) is 0 Å². The largest absolute Gasteiger partial charge is 0.380 e. The molecule has 1 heterocycles. The third-order valence-electron chi connectivity index (χ3n) is 3.93. The standard InChI is InChI=1S/C15H22N2O3S/c18-21(19,17-8-3-10-20-11-9-17)15-5-2-1-4-13(15)12-16-14-6-7-14/h1-2,4-5,14,16H,3,6-12H2. The van der Waals surface area contributed by atoms with E-state index in [1.807, 2.05) is 12.1 Å². The van der Waals surface area contributed by atoms with Crippen LogP contribution in [0.15, 0.2) is 29.2 Å². The molecule has 1 saturated heterocycles. The summed E-state index contributed by atoms with van der Waals surface area (Å²) in [5.41, 5.74) is 0.856. The van der Waals surface area contributed by atoms with Crippen molar-refractivity contribution in [1.29, 1.82) is 0 Å². The van der Waals surface area contributed by atoms with Gasteiger partial charge >= 0.3 is 0 Å². The Morgan fingerprint density at radius 2 is 2.00 bits per heavy atom. The Morgan fingerprint density at radius 3 is 2.81 bits per heavy atom. The van der Waals surface area contributed by atoms with Crippen molar-refractivity contribution in [2.45, 2.75) is 36.7 Å². The fourth-order valence-electron chi connectivity index (χ4n) is 2.55. The number of hydrogen-bond donors (Lipinski definition) is 1. The first kappa shape index (κ1) is 15.0. The van der Waals surface area contributed by atoms with E-state index >= 15 is 0 Å². The summed E-state index contributed by atoms with van der Waals surface area (Å²) in [6.07, 6.45) is 3.14. The second kappa shape index (κ2) is 6.44. The first-order valence-corrected chi connectivity index (χ1v) is 9.01. The fraction of sp³-hybridized carbons (Fsp3) is 0.600. The van der Waals surface area contributed by atoms with Gasteiger partial charge in [-0.25, -0.2) is 8.42 Å². The van der Waals surface area contributed by atoms with Gasteiger partial charge in [-0.3, -0.25) is 0 Å². The van der Waals surface area contributed by atoms with E-state index in [0.29, 0.717) is 43.8 Å². The highest BCUT2D eigenvalue weighted by atomic mass is 32.2. The first-order valence-electron chi connectivity index (χ1n) is 7.57. The van der Waals surface area contributed by atoms with Gasteiger partial charge in [0.15, 0.2) is 0 Å². The molecule has 5 nitrogen and oxygen atoms in total. The Balaban J connectivity index is 1.82. The molecule has 0 unspecified atom stereocenters. The van der Waals surface area contributed by atoms with Crippen molar-refractivity contribution in [3.63, 3.8) is 0 Å². The van der Waals surface area contributed by atoms with E-state index in [1.54, 1.807) is 16.4 Å². The summed E-state index contributed by atoms with van der Waals surface area (Å²) in [5, 5.41) is 3.39. The molecule has 3 rings (SSSR count). The molecular formula is C15H22N2O3S. The molecule has 1 N–H and O–H groups in total. The lowest BCUT2D eigenvalue weighted by Crippen LogP contribution is -2.34. The van der Waals surface area contributed by atoms with Crippen molar-refractivity contribution < 1.29 is 13.2 Å². The van der Waals surface area contributed by atoms with E-state index in [4.69, 9.17) is 4.74 Å². The molecule has 2 aliphatic rings. The number of sulfonamides is 1. The number of rotatable bonds is 5. The Morgan fingerprint density at radius 1 is 1.19 bits per heavy atom. The molecule has 0 atom stereocenters. The Kier molecular flexibility index (Phi) is 4.59. The van der Waals surface area contributed by atoms with Crippen LogP contribution >= 0.6 is 0 Å². The molecule has 1 aromatic carbocycles. The van der Waals surface area contributed by atoms with E-state index in [2.05, 4.69) is 5.32 Å². The molecule has 0 amide bonds. The van der Waals surface area contributed by atoms with Crippen LogP contribution in [0, 0.1) is 0 Å². The molecule has 0 aromatic heterocycles. The highest BCUT2D eigenvalue weighted by Crippen LogP contribution is 2.23. The second-order valence-corrected chi connectivity index (χ2v) is 7.54. The van der Waals surface area contributed by atoms with Gasteiger partial charge in [-0.2, -0.15) is 4.31 Å². The number of hydrogen-bond acceptors (Lipinski definition) is 4. The lowest BCUT2D eigenvalue weighted by atomic mass is 10.2. The van der Waals surface area contributed by atoms with Crippen LogP contribution in [-0.2, 0) is 21.3 Å². The average Bonchev–Trinajstić information content (AvgIpc) is 3.32. The van der Waals surface area contributed by atoms with Gasteiger partial charge in [0, 0.05) is 32.3 Å². The van der Waals surface area contributed by atoms with Gasteiger partial charge in [-0.15, -0.1) is 0 Å². The lowest BCUT2D eigenvalue weighted by molar-refractivity contribution is 0.148. The van der Waals surface area contributed by atoms with Crippen molar-refractivity contribution in [3.05, 3.63) is 29.8 Å². The summed E-state index contributed by atoms with van der Waals surface area (Å²) in [6, 6.07) is 7.87. The van der Waals surface area contributed by atoms with Gasteiger partial charge in [-0.1, -0.05) is 18.2 Å². The van der Waals surface area contributed by atoms with Crippen LogP contribution in [0.4, 0.5) is 0 Å². The van der Waals surface area contributed by atoms with Gasteiger partial charge in [0.1, 0.15) is 0 Å². The molecule has 1 aliphatic carbocycles. The molecule has 0 bridgehead atoms. The predicted molar refractivity (Wildman–Crippen MR) is 80.5 cm³/mol. The molecular weight excluding hydrogens is 288 g/mol. The van der Waals surface area contributed by atoms with E-state index < -0.39 is 10.0 Å². The minimum absolute atomic E-state index is 0.431. The smallest absolute Gasteiger partial charge is 0.243 e. The Labute approximate surface area is 126 Å². The Hall–Kier alpha value is -0.950. The maximum atomic E-state index is 12.9. The summed E-state index contributed by atoms with van der Waals surface area (Å²) < 4.78 is 32.6. The lowest BCUT2D eigenvalue weighted by Gasteiger charge is -2.21. The first-order chi connectivity index (χ1) is 10.2. The minimum atomic E-state index is -3.43. The number of ether oxygens (including phenoxy) is 1. The Bertz CT molecular complexity index is 576. The van der Waals surface area contributed by atoms with Gasteiger partial charge < -0.3 is 10.1 Å². The zero-order valence-corrected chi connectivity index (χ0v) is 12.9. The number of nitrogens with zero attached hydrogens (tertiary/aromatic N) is 1. The number of nitrogens with one attached hydrogen (secondary N) is 1. The van der Waals surface area contributed by atoms with Crippen LogP contribution in [0.1, 0.15) is 24.8 Å². The second-order valence-electron chi connectivity index (χ2n) is 5.63.